The maximum Gasteiger partial charge on any atom is 0.147 e. The molecule has 2 aliphatic carbocycles. The topological polar surface area (TPSA) is 25.8 Å². The predicted molar refractivity (Wildman–Crippen MR) is 81.8 cm³/mol. The molecule has 0 amide bonds. The lowest BCUT2D eigenvalue weighted by Crippen LogP contribution is -2.09. The zero-order valence-corrected chi connectivity index (χ0v) is 13.5. The first-order chi connectivity index (χ1) is 9.25. The average Bonchev–Trinajstić information content (AvgIpc) is 3.16. The molecule has 2 saturated carbocycles. The Balaban J connectivity index is 1.86. The van der Waals surface area contributed by atoms with Gasteiger partial charge in [0, 0.05) is 11.8 Å². The zero-order chi connectivity index (χ0) is 13.2. The largest absolute Gasteiger partial charge is 0.236 e. The van der Waals surface area contributed by atoms with Crippen LogP contribution in [0.25, 0.3) is 0 Å². The van der Waals surface area contributed by atoms with E-state index >= 15 is 0 Å². The van der Waals surface area contributed by atoms with Crippen molar-refractivity contribution in [2.24, 2.45) is 0 Å². The molecule has 0 unspecified atom stereocenters. The Morgan fingerprint density at radius 2 is 1.47 bits per heavy atom. The fraction of sp³-hybridized carbons (Fsp3) is 0.733. The summed E-state index contributed by atoms with van der Waals surface area (Å²) in [4.78, 5) is 9.40. The Bertz CT molecular complexity index is 452. The quantitative estimate of drug-likeness (QED) is 0.653. The van der Waals surface area contributed by atoms with Crippen LogP contribution in [-0.2, 0) is 0 Å². The van der Waals surface area contributed by atoms with Crippen molar-refractivity contribution in [3.8, 4) is 0 Å². The second-order valence-electron chi connectivity index (χ2n) is 5.89. The van der Waals surface area contributed by atoms with Gasteiger partial charge in [0.15, 0.2) is 0 Å². The van der Waals surface area contributed by atoms with Gasteiger partial charge in [-0.25, -0.2) is 9.97 Å². The van der Waals surface area contributed by atoms with E-state index in [-0.39, 0.29) is 0 Å². The van der Waals surface area contributed by atoms with Crippen LogP contribution in [-0.4, -0.2) is 9.97 Å². The maximum atomic E-state index is 6.29. The van der Waals surface area contributed by atoms with E-state index in [9.17, 15) is 0 Å². The van der Waals surface area contributed by atoms with Gasteiger partial charge in [0.2, 0.25) is 0 Å². The lowest BCUT2D eigenvalue weighted by Gasteiger charge is -2.19. The summed E-state index contributed by atoms with van der Waals surface area (Å²) < 4.78 is 0.922. The minimum Gasteiger partial charge on any atom is -0.236 e. The van der Waals surface area contributed by atoms with Crippen LogP contribution < -0.4 is 0 Å². The first-order valence-corrected chi connectivity index (χ1v) is 8.65. The Kier molecular flexibility index (Phi) is 4.43. The molecule has 4 heteroatoms. The van der Waals surface area contributed by atoms with E-state index in [1.54, 1.807) is 0 Å². The summed E-state index contributed by atoms with van der Waals surface area (Å²) in [6, 6.07) is 0. The van der Waals surface area contributed by atoms with Crippen LogP contribution in [0.1, 0.15) is 81.1 Å². The summed E-state index contributed by atoms with van der Waals surface area (Å²) in [5.74, 6) is 2.13. The van der Waals surface area contributed by atoms with Gasteiger partial charge in [0.1, 0.15) is 11.0 Å². The molecule has 1 aromatic rings. The molecule has 104 valence electrons. The predicted octanol–water partition coefficient (Wildman–Crippen LogP) is 5.60. The highest BCUT2D eigenvalue weighted by molar-refractivity contribution is 9.10. The average molecular weight is 344 g/mol. The molecule has 0 atom stereocenters. The van der Waals surface area contributed by atoms with Crippen LogP contribution in [0.15, 0.2) is 4.47 Å². The fourth-order valence-corrected chi connectivity index (χ4v) is 3.66. The van der Waals surface area contributed by atoms with E-state index in [0.29, 0.717) is 17.0 Å². The van der Waals surface area contributed by atoms with Gasteiger partial charge in [-0.2, -0.15) is 0 Å². The van der Waals surface area contributed by atoms with Crippen molar-refractivity contribution in [3.63, 3.8) is 0 Å². The summed E-state index contributed by atoms with van der Waals surface area (Å²) in [6.45, 7) is 0. The van der Waals surface area contributed by atoms with Gasteiger partial charge in [-0.15, -0.1) is 0 Å². The highest BCUT2D eigenvalue weighted by atomic mass is 79.9. The van der Waals surface area contributed by atoms with Crippen molar-refractivity contribution in [1.29, 1.82) is 0 Å². The van der Waals surface area contributed by atoms with Gasteiger partial charge in [-0.1, -0.05) is 43.7 Å². The number of aromatic nitrogens is 2. The smallest absolute Gasteiger partial charge is 0.147 e. The highest BCUT2D eigenvalue weighted by Gasteiger charge is 2.30. The minimum atomic E-state index is 0.517. The van der Waals surface area contributed by atoms with E-state index in [1.807, 2.05) is 0 Å². The van der Waals surface area contributed by atoms with Gasteiger partial charge < -0.3 is 0 Å². The van der Waals surface area contributed by atoms with Crippen LogP contribution in [0.4, 0.5) is 0 Å². The molecule has 0 bridgehead atoms. The van der Waals surface area contributed by atoms with E-state index < -0.39 is 0 Å². The third kappa shape index (κ3) is 3.30. The summed E-state index contributed by atoms with van der Waals surface area (Å²) in [5, 5.41) is 0.606. The maximum absolute atomic E-state index is 6.29. The fourth-order valence-electron chi connectivity index (χ4n) is 2.98. The summed E-state index contributed by atoms with van der Waals surface area (Å²) in [7, 11) is 0. The van der Waals surface area contributed by atoms with Crippen molar-refractivity contribution in [3.05, 3.63) is 21.1 Å². The molecule has 0 spiro atoms. The van der Waals surface area contributed by atoms with Gasteiger partial charge in [-0.05, 0) is 41.6 Å². The first kappa shape index (κ1) is 13.8. The van der Waals surface area contributed by atoms with Crippen LogP contribution in [0.2, 0.25) is 5.15 Å². The van der Waals surface area contributed by atoms with E-state index in [0.717, 1.165) is 16.0 Å². The third-order valence-corrected chi connectivity index (χ3v) is 5.57. The summed E-state index contributed by atoms with van der Waals surface area (Å²) in [6.07, 6.45) is 11.7. The molecular formula is C15H20BrClN2. The number of rotatable bonds is 2. The van der Waals surface area contributed by atoms with Gasteiger partial charge >= 0.3 is 0 Å². The minimum absolute atomic E-state index is 0.517. The van der Waals surface area contributed by atoms with Crippen LogP contribution in [0.3, 0.4) is 0 Å². The number of hydrogen-bond donors (Lipinski definition) is 0. The second kappa shape index (κ2) is 6.09. The Labute approximate surface area is 128 Å². The van der Waals surface area contributed by atoms with E-state index in [1.165, 1.54) is 57.8 Å². The number of halogens is 2. The van der Waals surface area contributed by atoms with Crippen LogP contribution in [0.5, 0.6) is 0 Å². The molecule has 0 radical (unpaired) electrons. The first-order valence-electron chi connectivity index (χ1n) is 7.48. The van der Waals surface area contributed by atoms with Crippen LogP contribution in [0, 0.1) is 0 Å². The molecule has 19 heavy (non-hydrogen) atoms. The molecule has 0 saturated heterocycles. The molecule has 2 nitrogen and oxygen atoms in total. The molecule has 2 aliphatic rings. The van der Waals surface area contributed by atoms with Crippen molar-refractivity contribution in [2.45, 2.75) is 69.6 Å². The second-order valence-corrected chi connectivity index (χ2v) is 7.04. The molecular weight excluding hydrogens is 324 g/mol. The Hall–Kier alpha value is -0.150. The molecule has 1 aromatic heterocycles. The van der Waals surface area contributed by atoms with Crippen LogP contribution >= 0.6 is 27.5 Å². The van der Waals surface area contributed by atoms with E-state index in [4.69, 9.17) is 16.6 Å². The Morgan fingerprint density at radius 3 is 2.11 bits per heavy atom. The molecule has 2 fully saturated rings. The molecule has 0 aliphatic heterocycles. The van der Waals surface area contributed by atoms with Crippen molar-refractivity contribution in [1.82, 2.24) is 9.97 Å². The number of nitrogens with zero attached hydrogens (tertiary/aromatic N) is 2. The summed E-state index contributed by atoms with van der Waals surface area (Å²) in [5.41, 5.74) is 1.15. The number of hydrogen-bond acceptors (Lipinski definition) is 2. The van der Waals surface area contributed by atoms with Gasteiger partial charge in [0.25, 0.3) is 0 Å². The van der Waals surface area contributed by atoms with Crippen molar-refractivity contribution >= 4 is 27.5 Å². The monoisotopic (exact) mass is 342 g/mol. The third-order valence-electron chi connectivity index (χ3n) is 4.29. The van der Waals surface area contributed by atoms with Gasteiger partial charge in [-0.3, -0.25) is 0 Å². The molecule has 0 N–H and O–H groups in total. The van der Waals surface area contributed by atoms with Gasteiger partial charge in [0.05, 0.1) is 10.2 Å². The SMILES string of the molecule is Clc1nc(C2CCCCCCC2)nc(C2CC2)c1Br. The van der Waals surface area contributed by atoms with Crippen molar-refractivity contribution < 1.29 is 0 Å². The molecule has 0 aromatic carbocycles. The standard InChI is InChI=1S/C15H20BrClN2/c16-12-13(10-8-9-10)18-15(19-14(12)17)11-6-4-2-1-3-5-7-11/h10-11H,1-9H2. The zero-order valence-electron chi connectivity index (χ0n) is 11.2. The van der Waals surface area contributed by atoms with E-state index in [2.05, 4.69) is 20.9 Å². The highest BCUT2D eigenvalue weighted by Crippen LogP contribution is 2.44. The lowest BCUT2D eigenvalue weighted by molar-refractivity contribution is 0.441. The molecule has 1 heterocycles. The summed E-state index contributed by atoms with van der Waals surface area (Å²) >= 11 is 9.84. The normalized spacial score (nSPS) is 22.0. The van der Waals surface area contributed by atoms with Crippen molar-refractivity contribution in [2.75, 3.05) is 0 Å². The lowest BCUT2D eigenvalue weighted by atomic mass is 9.90. The molecule has 3 rings (SSSR count). The Morgan fingerprint density at radius 1 is 0.842 bits per heavy atom.